The molecular weight excluding hydrogens is 360 g/mol. The van der Waals surface area contributed by atoms with Gasteiger partial charge in [0.2, 0.25) is 0 Å². The molecule has 2 amide bonds. The molecule has 0 aliphatic rings. The van der Waals surface area contributed by atoms with Gasteiger partial charge in [-0.05, 0) is 48.2 Å². The lowest BCUT2D eigenvalue weighted by atomic mass is 9.98. The third kappa shape index (κ3) is 5.64. The van der Waals surface area contributed by atoms with Crippen LogP contribution in [0.5, 0.6) is 17.2 Å². The highest BCUT2D eigenvalue weighted by atomic mass is 16.5. The molecule has 0 atom stereocenters. The van der Waals surface area contributed by atoms with Gasteiger partial charge in [-0.25, -0.2) is 0 Å². The van der Waals surface area contributed by atoms with Gasteiger partial charge in [-0.2, -0.15) is 0 Å². The molecule has 0 bridgehead atoms. The van der Waals surface area contributed by atoms with E-state index in [2.05, 4.69) is 24.7 Å². The Morgan fingerprint density at radius 3 is 2.11 bits per heavy atom. The second-order valence-corrected chi connectivity index (χ2v) is 6.57. The fourth-order valence-corrected chi connectivity index (χ4v) is 2.71. The number of hydrogen-bond acceptors (Lipinski definition) is 5. The van der Waals surface area contributed by atoms with Crippen LogP contribution in [0, 0.1) is 6.92 Å². The van der Waals surface area contributed by atoms with Crippen molar-refractivity contribution in [2.45, 2.75) is 26.7 Å². The maximum Gasteiger partial charge on any atom is 0.276 e. The van der Waals surface area contributed by atoms with Crippen molar-refractivity contribution >= 4 is 11.8 Å². The SMILES string of the molecule is COc1cc(OC)cc(C(=O)NNC(=O)COc2ccc(C(C)C)c(C)c2)c1. The lowest BCUT2D eigenvalue weighted by molar-refractivity contribution is -0.123. The first-order chi connectivity index (χ1) is 13.3. The molecular formula is C21H26N2O5. The summed E-state index contributed by atoms with van der Waals surface area (Å²) in [6.45, 7) is 6.03. The standard InChI is InChI=1S/C21H26N2O5/c1-13(2)19-7-6-16(8-14(19)3)28-12-20(24)22-23-21(25)15-9-17(26-4)11-18(10-15)27-5/h6-11,13H,12H2,1-5H3,(H,22,24)(H,23,25). The molecule has 0 aliphatic heterocycles. The molecule has 0 fully saturated rings. The van der Waals surface area contributed by atoms with Crippen molar-refractivity contribution in [1.29, 1.82) is 0 Å². The van der Waals surface area contributed by atoms with Crippen molar-refractivity contribution < 1.29 is 23.8 Å². The number of hydrogen-bond donors (Lipinski definition) is 2. The lowest BCUT2D eigenvalue weighted by Crippen LogP contribution is -2.43. The summed E-state index contributed by atoms with van der Waals surface area (Å²) in [5.41, 5.74) is 7.30. The highest BCUT2D eigenvalue weighted by Crippen LogP contribution is 2.24. The number of aryl methyl sites for hydroxylation is 1. The predicted molar refractivity (Wildman–Crippen MR) is 106 cm³/mol. The van der Waals surface area contributed by atoms with E-state index in [0.717, 1.165) is 5.56 Å². The lowest BCUT2D eigenvalue weighted by Gasteiger charge is -2.13. The smallest absolute Gasteiger partial charge is 0.276 e. The minimum Gasteiger partial charge on any atom is -0.497 e. The molecule has 28 heavy (non-hydrogen) atoms. The third-order valence-electron chi connectivity index (χ3n) is 4.16. The monoisotopic (exact) mass is 386 g/mol. The minimum atomic E-state index is -0.498. The summed E-state index contributed by atoms with van der Waals surface area (Å²) in [7, 11) is 2.98. The summed E-state index contributed by atoms with van der Waals surface area (Å²) in [6.07, 6.45) is 0. The molecule has 0 heterocycles. The van der Waals surface area contributed by atoms with Crippen molar-refractivity contribution in [2.75, 3.05) is 20.8 Å². The number of ether oxygens (including phenoxy) is 3. The molecule has 0 saturated heterocycles. The minimum absolute atomic E-state index is 0.220. The normalized spacial score (nSPS) is 10.4. The second-order valence-electron chi connectivity index (χ2n) is 6.57. The number of carbonyl (C=O) groups excluding carboxylic acids is 2. The highest BCUT2D eigenvalue weighted by Gasteiger charge is 2.12. The van der Waals surface area contributed by atoms with E-state index in [-0.39, 0.29) is 12.2 Å². The fourth-order valence-electron chi connectivity index (χ4n) is 2.71. The zero-order chi connectivity index (χ0) is 20.7. The summed E-state index contributed by atoms with van der Waals surface area (Å²) < 4.78 is 15.7. The highest BCUT2D eigenvalue weighted by molar-refractivity contribution is 5.96. The first-order valence-corrected chi connectivity index (χ1v) is 8.89. The predicted octanol–water partition coefficient (Wildman–Crippen LogP) is 2.98. The van der Waals surface area contributed by atoms with Crippen LogP contribution >= 0.6 is 0 Å². The van der Waals surface area contributed by atoms with E-state index < -0.39 is 11.8 Å². The maximum absolute atomic E-state index is 12.2. The van der Waals surface area contributed by atoms with Crippen LogP contribution in [-0.4, -0.2) is 32.6 Å². The molecule has 7 nitrogen and oxygen atoms in total. The topological polar surface area (TPSA) is 85.9 Å². The van der Waals surface area contributed by atoms with E-state index in [1.54, 1.807) is 18.2 Å². The average molecular weight is 386 g/mol. The summed E-state index contributed by atoms with van der Waals surface area (Å²) in [5, 5.41) is 0. The molecule has 0 saturated carbocycles. The first kappa shape index (κ1) is 21.1. The second kappa shape index (κ2) is 9.64. The van der Waals surface area contributed by atoms with Crippen LogP contribution in [0.25, 0.3) is 0 Å². The van der Waals surface area contributed by atoms with Crippen molar-refractivity contribution in [1.82, 2.24) is 10.9 Å². The van der Waals surface area contributed by atoms with Gasteiger partial charge in [0.05, 0.1) is 14.2 Å². The largest absolute Gasteiger partial charge is 0.497 e. The Bertz CT molecular complexity index is 826. The van der Waals surface area contributed by atoms with Crippen LogP contribution in [0.2, 0.25) is 0 Å². The Kier molecular flexibility index (Phi) is 7.26. The van der Waals surface area contributed by atoms with Gasteiger partial charge in [-0.15, -0.1) is 0 Å². The molecule has 2 rings (SSSR count). The van der Waals surface area contributed by atoms with E-state index in [0.29, 0.717) is 23.2 Å². The number of hydrazine groups is 1. The summed E-state index contributed by atoms with van der Waals surface area (Å²) in [4.78, 5) is 24.2. The van der Waals surface area contributed by atoms with Gasteiger partial charge in [0.15, 0.2) is 6.61 Å². The molecule has 2 aromatic carbocycles. The molecule has 2 aromatic rings. The Labute approximate surface area is 165 Å². The number of nitrogens with one attached hydrogen (secondary N) is 2. The number of methoxy groups -OCH3 is 2. The van der Waals surface area contributed by atoms with E-state index in [1.165, 1.54) is 19.8 Å². The summed E-state index contributed by atoms with van der Waals surface area (Å²) >= 11 is 0. The molecule has 150 valence electrons. The van der Waals surface area contributed by atoms with Gasteiger partial charge in [0, 0.05) is 11.6 Å². The van der Waals surface area contributed by atoms with Gasteiger partial charge in [-0.3, -0.25) is 20.4 Å². The van der Waals surface area contributed by atoms with Gasteiger partial charge in [-0.1, -0.05) is 19.9 Å². The first-order valence-electron chi connectivity index (χ1n) is 8.89. The Morgan fingerprint density at radius 2 is 1.57 bits per heavy atom. The van der Waals surface area contributed by atoms with E-state index in [1.807, 2.05) is 25.1 Å². The van der Waals surface area contributed by atoms with Crippen LogP contribution in [0.15, 0.2) is 36.4 Å². The van der Waals surface area contributed by atoms with E-state index >= 15 is 0 Å². The Balaban J connectivity index is 1.89. The van der Waals surface area contributed by atoms with Crippen LogP contribution in [0.1, 0.15) is 41.3 Å². The third-order valence-corrected chi connectivity index (χ3v) is 4.16. The van der Waals surface area contributed by atoms with Crippen molar-refractivity contribution in [3.05, 3.63) is 53.1 Å². The number of carbonyl (C=O) groups is 2. The molecule has 7 heteroatoms. The van der Waals surface area contributed by atoms with Gasteiger partial charge in [0.25, 0.3) is 11.8 Å². The quantitative estimate of drug-likeness (QED) is 0.715. The van der Waals surface area contributed by atoms with Crippen LogP contribution in [0.4, 0.5) is 0 Å². The summed E-state index contributed by atoms with van der Waals surface area (Å²) in [5.74, 6) is 0.985. The van der Waals surface area contributed by atoms with Crippen LogP contribution < -0.4 is 25.1 Å². The van der Waals surface area contributed by atoms with Crippen LogP contribution in [0.3, 0.4) is 0 Å². The molecule has 0 aromatic heterocycles. The summed E-state index contributed by atoms with van der Waals surface area (Å²) in [6, 6.07) is 10.4. The zero-order valence-corrected chi connectivity index (χ0v) is 16.8. The van der Waals surface area contributed by atoms with Crippen molar-refractivity contribution in [2.24, 2.45) is 0 Å². The molecule has 2 N–H and O–H groups in total. The van der Waals surface area contributed by atoms with Gasteiger partial charge < -0.3 is 14.2 Å². The number of benzene rings is 2. The van der Waals surface area contributed by atoms with E-state index in [4.69, 9.17) is 14.2 Å². The Hall–Kier alpha value is -3.22. The average Bonchev–Trinajstić information content (AvgIpc) is 2.69. The Morgan fingerprint density at radius 1 is 0.929 bits per heavy atom. The van der Waals surface area contributed by atoms with Crippen molar-refractivity contribution in [3.8, 4) is 17.2 Å². The van der Waals surface area contributed by atoms with Crippen molar-refractivity contribution in [3.63, 3.8) is 0 Å². The van der Waals surface area contributed by atoms with E-state index in [9.17, 15) is 9.59 Å². The maximum atomic E-state index is 12.2. The van der Waals surface area contributed by atoms with Crippen LogP contribution in [-0.2, 0) is 4.79 Å². The molecule has 0 unspecified atom stereocenters. The zero-order valence-electron chi connectivity index (χ0n) is 16.8. The molecule has 0 radical (unpaired) electrons. The number of amides is 2. The van der Waals surface area contributed by atoms with Gasteiger partial charge >= 0.3 is 0 Å². The number of rotatable bonds is 7. The van der Waals surface area contributed by atoms with Gasteiger partial charge in [0.1, 0.15) is 17.2 Å². The molecule has 0 spiro atoms. The molecule has 0 aliphatic carbocycles. The fraction of sp³-hybridized carbons (Fsp3) is 0.333.